The summed E-state index contributed by atoms with van der Waals surface area (Å²) in [6, 6.07) is 7.34. The minimum absolute atomic E-state index is 0.200. The van der Waals surface area contributed by atoms with E-state index in [0.717, 1.165) is 0 Å². The van der Waals surface area contributed by atoms with Crippen LogP contribution in [0.3, 0.4) is 0 Å². The average molecular weight is 263 g/mol. The van der Waals surface area contributed by atoms with Crippen LogP contribution in [0.25, 0.3) is 0 Å². The molecule has 2 aromatic rings. The predicted octanol–water partition coefficient (Wildman–Crippen LogP) is 2.54. The summed E-state index contributed by atoms with van der Waals surface area (Å²) < 4.78 is 23.1. The van der Waals surface area contributed by atoms with Crippen LogP contribution in [0.15, 0.2) is 41.0 Å². The van der Waals surface area contributed by atoms with Gasteiger partial charge in [-0.2, -0.15) is 0 Å². The zero-order valence-electron chi connectivity index (χ0n) is 10.5. The molecule has 0 aliphatic rings. The first-order chi connectivity index (χ1) is 9.16. The van der Waals surface area contributed by atoms with Crippen LogP contribution in [0.4, 0.5) is 4.39 Å². The second kappa shape index (κ2) is 6.04. The Morgan fingerprint density at radius 3 is 2.68 bits per heavy atom. The van der Waals surface area contributed by atoms with Crippen molar-refractivity contribution in [2.24, 2.45) is 0 Å². The van der Waals surface area contributed by atoms with E-state index in [1.54, 1.807) is 13.0 Å². The molecule has 1 aromatic carbocycles. The third kappa shape index (κ3) is 3.58. The molecule has 0 saturated heterocycles. The lowest BCUT2D eigenvalue weighted by Crippen LogP contribution is -2.28. The quantitative estimate of drug-likeness (QED) is 0.843. The van der Waals surface area contributed by atoms with Crippen LogP contribution in [0.5, 0.6) is 5.75 Å². The summed E-state index contributed by atoms with van der Waals surface area (Å²) in [7, 11) is 0. The Labute approximate surface area is 110 Å². The van der Waals surface area contributed by atoms with Crippen LogP contribution < -0.4 is 10.1 Å². The van der Waals surface area contributed by atoms with Crippen LogP contribution in [0, 0.1) is 12.7 Å². The molecule has 1 amide bonds. The summed E-state index contributed by atoms with van der Waals surface area (Å²) in [5.41, 5.74) is 0.516. The number of halogens is 1. The molecular formula is C14H14FNO3. The number of furan rings is 1. The molecule has 0 atom stereocenters. The summed E-state index contributed by atoms with van der Waals surface area (Å²) >= 11 is 0. The second-order valence-electron chi connectivity index (χ2n) is 3.95. The van der Waals surface area contributed by atoms with Crippen LogP contribution in [0.2, 0.25) is 0 Å². The number of aryl methyl sites for hydroxylation is 1. The number of hydrogen-bond donors (Lipinski definition) is 1. The molecule has 100 valence electrons. The maximum Gasteiger partial charge on any atom is 0.254 e. The molecule has 0 saturated carbocycles. The normalized spacial score (nSPS) is 10.2. The highest BCUT2D eigenvalue weighted by Gasteiger charge is 2.10. The summed E-state index contributed by atoms with van der Waals surface area (Å²) in [5.74, 6) is 0.636. The van der Waals surface area contributed by atoms with Crippen molar-refractivity contribution in [1.29, 1.82) is 0 Å². The molecule has 0 aliphatic heterocycles. The lowest BCUT2D eigenvalue weighted by molar-refractivity contribution is 0.0945. The minimum atomic E-state index is -0.309. The molecule has 1 heterocycles. The number of nitrogens with one attached hydrogen (secondary N) is 1. The maximum absolute atomic E-state index is 12.7. The fraction of sp³-hybridized carbons (Fsp3) is 0.214. The Kier molecular flexibility index (Phi) is 4.18. The molecule has 0 aliphatic carbocycles. The Hall–Kier alpha value is -2.30. The van der Waals surface area contributed by atoms with Crippen LogP contribution in [-0.2, 0) is 0 Å². The molecule has 0 radical (unpaired) electrons. The molecule has 0 fully saturated rings. The molecule has 1 N–H and O–H groups in total. The van der Waals surface area contributed by atoms with Crippen LogP contribution in [0.1, 0.15) is 16.1 Å². The summed E-state index contributed by atoms with van der Waals surface area (Å²) in [4.78, 5) is 11.7. The van der Waals surface area contributed by atoms with Gasteiger partial charge in [-0.1, -0.05) is 0 Å². The molecule has 19 heavy (non-hydrogen) atoms. The number of carbonyl (C=O) groups is 1. The lowest BCUT2D eigenvalue weighted by atomic mass is 10.2. The van der Waals surface area contributed by atoms with E-state index in [4.69, 9.17) is 9.15 Å². The zero-order valence-corrected chi connectivity index (χ0v) is 10.5. The van der Waals surface area contributed by atoms with Crippen LogP contribution >= 0.6 is 0 Å². The van der Waals surface area contributed by atoms with E-state index in [1.807, 2.05) is 0 Å². The van der Waals surface area contributed by atoms with Crippen molar-refractivity contribution < 1.29 is 18.3 Å². The van der Waals surface area contributed by atoms with Gasteiger partial charge in [-0.3, -0.25) is 4.79 Å². The zero-order chi connectivity index (χ0) is 13.7. The SMILES string of the molecule is Cc1occc1C(=O)NCCOc1ccc(F)cc1. The molecule has 0 bridgehead atoms. The second-order valence-corrected chi connectivity index (χ2v) is 3.95. The van der Waals surface area contributed by atoms with Gasteiger partial charge in [0.1, 0.15) is 23.9 Å². The van der Waals surface area contributed by atoms with E-state index in [2.05, 4.69) is 5.32 Å². The fourth-order valence-electron chi connectivity index (χ4n) is 1.58. The largest absolute Gasteiger partial charge is 0.492 e. The van der Waals surface area contributed by atoms with Gasteiger partial charge in [0.25, 0.3) is 5.91 Å². The van der Waals surface area contributed by atoms with E-state index in [0.29, 0.717) is 30.2 Å². The van der Waals surface area contributed by atoms with Gasteiger partial charge < -0.3 is 14.5 Å². The number of carbonyl (C=O) groups excluding carboxylic acids is 1. The predicted molar refractivity (Wildman–Crippen MR) is 67.7 cm³/mol. The third-order valence-corrected chi connectivity index (χ3v) is 2.57. The Morgan fingerprint density at radius 1 is 1.32 bits per heavy atom. The van der Waals surface area contributed by atoms with Crippen molar-refractivity contribution in [1.82, 2.24) is 5.32 Å². The molecule has 0 unspecified atom stereocenters. The van der Waals surface area contributed by atoms with E-state index in [-0.39, 0.29) is 11.7 Å². The number of amides is 1. The van der Waals surface area contributed by atoms with E-state index < -0.39 is 0 Å². The fourth-order valence-corrected chi connectivity index (χ4v) is 1.58. The highest BCUT2D eigenvalue weighted by Crippen LogP contribution is 2.11. The summed E-state index contributed by atoms with van der Waals surface area (Å²) in [6.07, 6.45) is 1.47. The van der Waals surface area contributed by atoms with Crippen molar-refractivity contribution in [3.05, 3.63) is 53.7 Å². The Bertz CT molecular complexity index is 548. The van der Waals surface area contributed by atoms with Crippen molar-refractivity contribution in [3.63, 3.8) is 0 Å². The Morgan fingerprint density at radius 2 is 2.05 bits per heavy atom. The number of rotatable bonds is 5. The highest BCUT2D eigenvalue weighted by atomic mass is 19.1. The lowest BCUT2D eigenvalue weighted by Gasteiger charge is -2.07. The van der Waals surface area contributed by atoms with Gasteiger partial charge in [-0.15, -0.1) is 0 Å². The monoisotopic (exact) mass is 263 g/mol. The van der Waals surface area contributed by atoms with Crippen molar-refractivity contribution >= 4 is 5.91 Å². The maximum atomic E-state index is 12.7. The topological polar surface area (TPSA) is 51.5 Å². The van der Waals surface area contributed by atoms with E-state index in [9.17, 15) is 9.18 Å². The van der Waals surface area contributed by atoms with Crippen LogP contribution in [-0.4, -0.2) is 19.1 Å². The third-order valence-electron chi connectivity index (χ3n) is 2.57. The summed E-state index contributed by atoms with van der Waals surface area (Å²) in [6.45, 7) is 2.40. The average Bonchev–Trinajstić information content (AvgIpc) is 2.83. The van der Waals surface area contributed by atoms with Gasteiger partial charge in [0.15, 0.2) is 0 Å². The first-order valence-electron chi connectivity index (χ1n) is 5.87. The van der Waals surface area contributed by atoms with Crippen molar-refractivity contribution in [3.8, 4) is 5.75 Å². The van der Waals surface area contributed by atoms with Gasteiger partial charge in [0.05, 0.1) is 18.4 Å². The van der Waals surface area contributed by atoms with Crippen molar-refractivity contribution in [2.75, 3.05) is 13.2 Å². The van der Waals surface area contributed by atoms with Gasteiger partial charge >= 0.3 is 0 Å². The molecule has 4 nitrogen and oxygen atoms in total. The molecular weight excluding hydrogens is 249 g/mol. The number of benzene rings is 1. The summed E-state index contributed by atoms with van der Waals surface area (Å²) in [5, 5.41) is 2.71. The number of hydrogen-bond acceptors (Lipinski definition) is 3. The molecule has 0 spiro atoms. The standard InChI is InChI=1S/C14H14FNO3/c1-10-13(6-8-18-10)14(17)16-7-9-19-12-4-2-11(15)3-5-12/h2-6,8H,7,9H2,1H3,(H,16,17). The first kappa shape index (κ1) is 13.1. The number of ether oxygens (including phenoxy) is 1. The van der Waals surface area contributed by atoms with Crippen molar-refractivity contribution in [2.45, 2.75) is 6.92 Å². The Balaban J connectivity index is 1.74. The van der Waals surface area contributed by atoms with Gasteiger partial charge in [0.2, 0.25) is 0 Å². The van der Waals surface area contributed by atoms with Gasteiger partial charge in [-0.05, 0) is 37.3 Å². The highest BCUT2D eigenvalue weighted by molar-refractivity contribution is 5.94. The molecule has 2 rings (SSSR count). The van der Waals surface area contributed by atoms with E-state index in [1.165, 1.54) is 30.5 Å². The van der Waals surface area contributed by atoms with E-state index >= 15 is 0 Å². The minimum Gasteiger partial charge on any atom is -0.492 e. The van der Waals surface area contributed by atoms with Gasteiger partial charge in [-0.25, -0.2) is 4.39 Å². The first-order valence-corrected chi connectivity index (χ1v) is 5.87. The molecule has 5 heteroatoms. The molecule has 1 aromatic heterocycles. The van der Waals surface area contributed by atoms with Gasteiger partial charge in [0, 0.05) is 0 Å². The smallest absolute Gasteiger partial charge is 0.254 e.